The molecule has 0 unspecified atom stereocenters. The summed E-state index contributed by atoms with van der Waals surface area (Å²) in [4.78, 5) is 25.5. The molecule has 0 aromatic heterocycles. The summed E-state index contributed by atoms with van der Waals surface area (Å²) in [6, 6.07) is 7.50. The molecular formula is C16H25N3O2. The molecule has 0 aliphatic carbocycles. The van der Waals surface area contributed by atoms with Crippen LogP contribution in [0, 0.1) is 0 Å². The molecule has 116 valence electrons. The van der Waals surface area contributed by atoms with Gasteiger partial charge in [-0.2, -0.15) is 0 Å². The summed E-state index contributed by atoms with van der Waals surface area (Å²) in [5, 5.41) is 5.19. The summed E-state index contributed by atoms with van der Waals surface area (Å²) < 4.78 is 0. The van der Waals surface area contributed by atoms with Gasteiger partial charge >= 0.3 is 11.8 Å². The minimum Gasteiger partial charge on any atom is -0.372 e. The Labute approximate surface area is 126 Å². The van der Waals surface area contributed by atoms with Crippen LogP contribution < -0.4 is 15.5 Å². The van der Waals surface area contributed by atoms with Crippen molar-refractivity contribution >= 4 is 23.2 Å². The maximum Gasteiger partial charge on any atom is 0.313 e. The van der Waals surface area contributed by atoms with Crippen molar-refractivity contribution in [3.05, 3.63) is 24.3 Å². The fourth-order valence-electron chi connectivity index (χ4n) is 1.99. The predicted molar refractivity (Wildman–Crippen MR) is 86.6 cm³/mol. The Kier molecular flexibility index (Phi) is 7.29. The molecule has 2 amide bonds. The molecule has 2 N–H and O–H groups in total. The van der Waals surface area contributed by atoms with Crippen LogP contribution >= 0.6 is 0 Å². The highest BCUT2D eigenvalue weighted by atomic mass is 16.2. The van der Waals surface area contributed by atoms with E-state index in [1.165, 1.54) is 0 Å². The van der Waals surface area contributed by atoms with Gasteiger partial charge in [-0.15, -0.1) is 0 Å². The smallest absolute Gasteiger partial charge is 0.313 e. The normalized spacial score (nSPS) is 10.0. The lowest BCUT2D eigenvalue weighted by Gasteiger charge is -2.21. The number of unbranched alkanes of at least 4 members (excludes halogenated alkanes) is 1. The molecule has 1 rings (SSSR count). The average Bonchev–Trinajstić information content (AvgIpc) is 2.50. The van der Waals surface area contributed by atoms with E-state index in [0.717, 1.165) is 31.6 Å². The van der Waals surface area contributed by atoms with E-state index in [4.69, 9.17) is 0 Å². The van der Waals surface area contributed by atoms with Gasteiger partial charge in [-0.3, -0.25) is 9.59 Å². The van der Waals surface area contributed by atoms with E-state index in [9.17, 15) is 9.59 Å². The van der Waals surface area contributed by atoms with Gasteiger partial charge in [0.15, 0.2) is 0 Å². The van der Waals surface area contributed by atoms with E-state index in [0.29, 0.717) is 12.2 Å². The standard InChI is InChI=1S/C16H25N3O2/c1-4-7-12-17-15(20)16(21)18-13-8-10-14(11-9-13)19(5-2)6-3/h8-11H,4-7,12H2,1-3H3,(H,17,20)(H,18,21). The largest absolute Gasteiger partial charge is 0.372 e. The fourth-order valence-corrected chi connectivity index (χ4v) is 1.99. The third-order valence-corrected chi connectivity index (χ3v) is 3.28. The van der Waals surface area contributed by atoms with Crippen molar-refractivity contribution in [3.8, 4) is 0 Å². The second-order valence-electron chi connectivity index (χ2n) is 4.78. The van der Waals surface area contributed by atoms with Crippen LogP contribution in [-0.2, 0) is 9.59 Å². The van der Waals surface area contributed by atoms with E-state index in [1.54, 1.807) is 0 Å². The zero-order valence-electron chi connectivity index (χ0n) is 13.1. The summed E-state index contributed by atoms with van der Waals surface area (Å²) in [5.41, 5.74) is 1.73. The van der Waals surface area contributed by atoms with Crippen LogP contribution in [0.3, 0.4) is 0 Å². The molecule has 0 atom stereocenters. The number of nitrogens with one attached hydrogen (secondary N) is 2. The van der Waals surface area contributed by atoms with E-state index in [2.05, 4.69) is 29.4 Å². The molecule has 21 heavy (non-hydrogen) atoms. The number of benzene rings is 1. The Morgan fingerprint density at radius 3 is 2.14 bits per heavy atom. The molecule has 0 aliphatic heterocycles. The Morgan fingerprint density at radius 2 is 1.62 bits per heavy atom. The molecule has 5 heteroatoms. The lowest BCUT2D eigenvalue weighted by molar-refractivity contribution is -0.136. The number of hydrogen-bond donors (Lipinski definition) is 2. The predicted octanol–water partition coefficient (Wildman–Crippen LogP) is 2.39. The maximum absolute atomic E-state index is 11.7. The highest BCUT2D eigenvalue weighted by molar-refractivity contribution is 6.39. The van der Waals surface area contributed by atoms with Crippen molar-refractivity contribution in [2.24, 2.45) is 0 Å². The average molecular weight is 291 g/mol. The van der Waals surface area contributed by atoms with Gasteiger partial charge in [0.2, 0.25) is 0 Å². The Bertz CT molecular complexity index is 453. The third-order valence-electron chi connectivity index (χ3n) is 3.28. The zero-order valence-corrected chi connectivity index (χ0v) is 13.1. The van der Waals surface area contributed by atoms with Gasteiger partial charge in [0.1, 0.15) is 0 Å². The van der Waals surface area contributed by atoms with Crippen LogP contribution in [0.4, 0.5) is 11.4 Å². The summed E-state index contributed by atoms with van der Waals surface area (Å²) in [7, 11) is 0. The van der Waals surface area contributed by atoms with Crippen molar-refractivity contribution in [3.63, 3.8) is 0 Å². The van der Waals surface area contributed by atoms with E-state index in [-0.39, 0.29) is 0 Å². The molecule has 5 nitrogen and oxygen atoms in total. The number of carbonyl (C=O) groups excluding carboxylic acids is 2. The summed E-state index contributed by atoms with van der Waals surface area (Å²) in [6.07, 6.45) is 1.85. The quantitative estimate of drug-likeness (QED) is 0.599. The van der Waals surface area contributed by atoms with Gasteiger partial charge in [-0.25, -0.2) is 0 Å². The molecule has 0 saturated carbocycles. The number of amides is 2. The summed E-state index contributed by atoms with van der Waals surface area (Å²) >= 11 is 0. The number of nitrogens with zero attached hydrogens (tertiary/aromatic N) is 1. The minimum atomic E-state index is -0.623. The van der Waals surface area contributed by atoms with Crippen LogP contribution in [0.25, 0.3) is 0 Å². The minimum absolute atomic E-state index is 0.531. The van der Waals surface area contributed by atoms with Crippen LogP contribution in [0.15, 0.2) is 24.3 Å². The van der Waals surface area contributed by atoms with Crippen LogP contribution in [0.1, 0.15) is 33.6 Å². The molecule has 0 saturated heterocycles. The molecule has 0 heterocycles. The van der Waals surface area contributed by atoms with Crippen LogP contribution in [0.5, 0.6) is 0 Å². The van der Waals surface area contributed by atoms with Crippen LogP contribution in [0.2, 0.25) is 0 Å². The van der Waals surface area contributed by atoms with Crippen molar-refractivity contribution in [2.45, 2.75) is 33.6 Å². The first-order chi connectivity index (χ1) is 10.1. The number of anilines is 2. The van der Waals surface area contributed by atoms with Crippen molar-refractivity contribution in [1.82, 2.24) is 5.32 Å². The van der Waals surface area contributed by atoms with Crippen molar-refractivity contribution in [2.75, 3.05) is 29.9 Å². The number of carbonyl (C=O) groups is 2. The molecule has 0 spiro atoms. The Balaban J connectivity index is 2.55. The van der Waals surface area contributed by atoms with Gasteiger partial charge < -0.3 is 15.5 Å². The first-order valence-corrected chi connectivity index (χ1v) is 7.56. The van der Waals surface area contributed by atoms with E-state index >= 15 is 0 Å². The van der Waals surface area contributed by atoms with Gasteiger partial charge in [-0.1, -0.05) is 13.3 Å². The highest BCUT2D eigenvalue weighted by Crippen LogP contribution is 2.17. The number of rotatable bonds is 7. The van der Waals surface area contributed by atoms with E-state index in [1.807, 2.05) is 31.2 Å². The van der Waals surface area contributed by atoms with Crippen molar-refractivity contribution < 1.29 is 9.59 Å². The summed E-state index contributed by atoms with van der Waals surface area (Å²) in [5.74, 6) is -1.21. The first-order valence-electron chi connectivity index (χ1n) is 7.56. The molecule has 0 aliphatic rings. The highest BCUT2D eigenvalue weighted by Gasteiger charge is 2.12. The Morgan fingerprint density at radius 1 is 1.00 bits per heavy atom. The maximum atomic E-state index is 11.7. The molecule has 1 aromatic rings. The van der Waals surface area contributed by atoms with Crippen LogP contribution in [-0.4, -0.2) is 31.4 Å². The zero-order chi connectivity index (χ0) is 15.7. The molecular weight excluding hydrogens is 266 g/mol. The Hall–Kier alpha value is -2.04. The number of hydrogen-bond acceptors (Lipinski definition) is 3. The first kappa shape index (κ1) is 17.0. The third kappa shape index (κ3) is 5.45. The van der Waals surface area contributed by atoms with E-state index < -0.39 is 11.8 Å². The topological polar surface area (TPSA) is 61.4 Å². The fraction of sp³-hybridized carbons (Fsp3) is 0.500. The van der Waals surface area contributed by atoms with Gasteiger partial charge in [0.25, 0.3) is 0 Å². The van der Waals surface area contributed by atoms with Gasteiger partial charge in [0.05, 0.1) is 0 Å². The van der Waals surface area contributed by atoms with Gasteiger partial charge in [0, 0.05) is 31.0 Å². The molecule has 0 bridgehead atoms. The molecule has 0 fully saturated rings. The second-order valence-corrected chi connectivity index (χ2v) is 4.78. The molecule has 0 radical (unpaired) electrons. The monoisotopic (exact) mass is 291 g/mol. The lowest BCUT2D eigenvalue weighted by Crippen LogP contribution is -2.35. The van der Waals surface area contributed by atoms with Crippen molar-refractivity contribution in [1.29, 1.82) is 0 Å². The van der Waals surface area contributed by atoms with Gasteiger partial charge in [-0.05, 0) is 44.5 Å². The molecule has 1 aromatic carbocycles. The summed E-state index contributed by atoms with van der Waals surface area (Å²) in [6.45, 7) is 8.62. The lowest BCUT2D eigenvalue weighted by atomic mass is 10.2. The SMILES string of the molecule is CCCCNC(=O)C(=O)Nc1ccc(N(CC)CC)cc1. The second kappa shape index (κ2) is 9.00.